The van der Waals surface area contributed by atoms with Crippen LogP contribution in [0.5, 0.6) is 0 Å². The maximum atomic E-state index is 11.9. The molecule has 0 saturated heterocycles. The van der Waals surface area contributed by atoms with Crippen molar-refractivity contribution in [2.45, 2.75) is 0 Å². The number of hydrogen-bond donors (Lipinski definition) is 0. The van der Waals surface area contributed by atoms with Crippen molar-refractivity contribution in [3.05, 3.63) is 91.7 Å². The molecule has 0 radical (unpaired) electrons. The molecule has 0 bridgehead atoms. The molecule has 0 amide bonds. The van der Waals surface area contributed by atoms with Gasteiger partial charge in [-0.25, -0.2) is 9.79 Å². The van der Waals surface area contributed by atoms with E-state index < -0.39 is 15.8 Å². The topological polar surface area (TPSA) is 125 Å². The fourth-order valence-electron chi connectivity index (χ4n) is 2.22. The summed E-state index contributed by atoms with van der Waals surface area (Å²) in [6.07, 6.45) is 4.53. The van der Waals surface area contributed by atoms with Gasteiger partial charge < -0.3 is 4.74 Å². The minimum Gasteiger partial charge on any atom is -0.403 e. The van der Waals surface area contributed by atoms with Gasteiger partial charge in [-0.2, -0.15) is 0 Å². The van der Waals surface area contributed by atoms with E-state index in [-0.39, 0.29) is 23.0 Å². The zero-order chi connectivity index (χ0) is 19.4. The summed E-state index contributed by atoms with van der Waals surface area (Å²) in [4.78, 5) is 36.2. The van der Waals surface area contributed by atoms with Gasteiger partial charge in [0.25, 0.3) is 11.4 Å². The van der Waals surface area contributed by atoms with Gasteiger partial charge in [0.05, 0.1) is 9.85 Å². The number of nitro groups is 2. The van der Waals surface area contributed by atoms with Gasteiger partial charge in [-0.3, -0.25) is 20.2 Å². The molecular weight excluding hydrogens is 354 g/mol. The van der Waals surface area contributed by atoms with Crippen LogP contribution in [0.25, 0.3) is 12.2 Å². The highest BCUT2D eigenvalue weighted by molar-refractivity contribution is 6.11. The normalized spacial score (nSPS) is 15.0. The molecule has 3 rings (SSSR count). The molecule has 0 spiro atoms. The first-order valence-corrected chi connectivity index (χ1v) is 7.62. The Labute approximate surface area is 152 Å². The van der Waals surface area contributed by atoms with Gasteiger partial charge in [-0.15, -0.1) is 0 Å². The monoisotopic (exact) mass is 365 g/mol. The molecule has 27 heavy (non-hydrogen) atoms. The molecule has 2 aromatic carbocycles. The number of benzene rings is 2. The smallest absolute Gasteiger partial charge is 0.363 e. The first-order valence-electron chi connectivity index (χ1n) is 7.62. The minimum absolute atomic E-state index is 0.0231. The molecule has 1 aliphatic heterocycles. The highest BCUT2D eigenvalue weighted by atomic mass is 16.6. The molecule has 0 fully saturated rings. The number of aliphatic imine (C=N–C) groups is 1. The van der Waals surface area contributed by atoms with Gasteiger partial charge in [-0.05, 0) is 47.5 Å². The van der Waals surface area contributed by atoms with E-state index in [1.165, 1.54) is 48.6 Å². The standard InChI is InChI=1S/C18H11N3O6/c22-18-16(11-13-3-8-15(9-4-13)21(25)26)19-17(27-18)10-5-12-1-6-14(7-2-12)20(23)24/h1-11H/b10-5+,16-11+. The quantitative estimate of drug-likeness (QED) is 0.345. The van der Waals surface area contributed by atoms with E-state index in [1.54, 1.807) is 18.2 Å². The summed E-state index contributed by atoms with van der Waals surface area (Å²) in [5, 5.41) is 21.3. The Balaban J connectivity index is 1.75. The molecule has 0 unspecified atom stereocenters. The van der Waals surface area contributed by atoms with Crippen molar-refractivity contribution in [1.29, 1.82) is 0 Å². The molecule has 2 aromatic rings. The van der Waals surface area contributed by atoms with Crippen LogP contribution in [0.3, 0.4) is 0 Å². The fourth-order valence-corrected chi connectivity index (χ4v) is 2.22. The largest absolute Gasteiger partial charge is 0.403 e. The first kappa shape index (κ1) is 17.7. The summed E-state index contributed by atoms with van der Waals surface area (Å²) in [5.74, 6) is -0.566. The Morgan fingerprint density at radius 3 is 1.85 bits per heavy atom. The predicted octanol–water partition coefficient (Wildman–Crippen LogP) is 3.51. The average molecular weight is 365 g/mol. The summed E-state index contributed by atoms with van der Waals surface area (Å²) in [5.41, 5.74) is 1.22. The van der Waals surface area contributed by atoms with Gasteiger partial charge in [-0.1, -0.05) is 0 Å². The highest BCUT2D eigenvalue weighted by Gasteiger charge is 2.21. The SMILES string of the molecule is O=C1OC(/C=C/c2ccc([N+](=O)[O-])cc2)=NC/1=C/c1ccc([N+](=O)[O-])cc1. The van der Waals surface area contributed by atoms with Crippen molar-refractivity contribution < 1.29 is 19.4 Å². The number of cyclic esters (lactones) is 1. The van der Waals surface area contributed by atoms with Crippen LogP contribution in [0, 0.1) is 20.2 Å². The molecule has 0 atom stereocenters. The van der Waals surface area contributed by atoms with Gasteiger partial charge in [0.1, 0.15) is 0 Å². The van der Waals surface area contributed by atoms with Crippen molar-refractivity contribution in [2.75, 3.05) is 0 Å². The van der Waals surface area contributed by atoms with Crippen molar-refractivity contribution in [3.63, 3.8) is 0 Å². The lowest BCUT2D eigenvalue weighted by atomic mass is 10.2. The lowest BCUT2D eigenvalue weighted by molar-refractivity contribution is -0.385. The summed E-state index contributed by atoms with van der Waals surface area (Å²) < 4.78 is 5.03. The Morgan fingerprint density at radius 2 is 1.33 bits per heavy atom. The Bertz CT molecular complexity index is 1000. The number of nitrogens with zero attached hydrogens (tertiary/aromatic N) is 3. The van der Waals surface area contributed by atoms with Crippen LogP contribution in [0.1, 0.15) is 11.1 Å². The van der Waals surface area contributed by atoms with E-state index in [9.17, 15) is 25.0 Å². The Morgan fingerprint density at radius 1 is 0.815 bits per heavy atom. The number of rotatable bonds is 5. The van der Waals surface area contributed by atoms with Crippen LogP contribution in [0.4, 0.5) is 11.4 Å². The van der Waals surface area contributed by atoms with Crippen LogP contribution < -0.4 is 0 Å². The van der Waals surface area contributed by atoms with Crippen LogP contribution in [0.15, 0.2) is 65.3 Å². The number of carbonyl (C=O) groups is 1. The third-order valence-electron chi connectivity index (χ3n) is 3.57. The predicted molar refractivity (Wildman–Crippen MR) is 96.7 cm³/mol. The number of hydrogen-bond acceptors (Lipinski definition) is 7. The minimum atomic E-state index is -0.642. The van der Waals surface area contributed by atoms with Crippen molar-refractivity contribution in [3.8, 4) is 0 Å². The summed E-state index contributed by atoms with van der Waals surface area (Å²) in [7, 11) is 0. The lowest BCUT2D eigenvalue weighted by Gasteiger charge is -1.94. The Hall–Kier alpha value is -4.14. The van der Waals surface area contributed by atoms with Crippen LogP contribution >= 0.6 is 0 Å². The van der Waals surface area contributed by atoms with E-state index >= 15 is 0 Å². The first-order chi connectivity index (χ1) is 12.9. The summed E-state index contributed by atoms with van der Waals surface area (Å²) in [6.45, 7) is 0. The molecule has 0 N–H and O–H groups in total. The summed E-state index contributed by atoms with van der Waals surface area (Å²) in [6, 6.07) is 11.5. The second kappa shape index (κ2) is 7.40. The second-order valence-corrected chi connectivity index (χ2v) is 5.40. The highest BCUT2D eigenvalue weighted by Crippen LogP contribution is 2.19. The van der Waals surface area contributed by atoms with Crippen LogP contribution in [-0.4, -0.2) is 21.7 Å². The number of carbonyl (C=O) groups excluding carboxylic acids is 1. The zero-order valence-corrected chi connectivity index (χ0v) is 13.6. The summed E-state index contributed by atoms with van der Waals surface area (Å²) >= 11 is 0. The average Bonchev–Trinajstić information content (AvgIpc) is 3.00. The number of ether oxygens (including phenoxy) is 1. The van der Waals surface area contributed by atoms with Crippen LogP contribution in [0.2, 0.25) is 0 Å². The van der Waals surface area contributed by atoms with E-state index in [2.05, 4.69) is 4.99 Å². The van der Waals surface area contributed by atoms with Crippen molar-refractivity contribution in [1.82, 2.24) is 0 Å². The van der Waals surface area contributed by atoms with Crippen molar-refractivity contribution in [2.24, 2.45) is 4.99 Å². The van der Waals surface area contributed by atoms with Gasteiger partial charge >= 0.3 is 5.97 Å². The third kappa shape index (κ3) is 4.28. The zero-order valence-electron chi connectivity index (χ0n) is 13.6. The number of non-ortho nitro benzene ring substituents is 2. The van der Waals surface area contributed by atoms with E-state index in [1.807, 2.05) is 0 Å². The molecular formula is C18H11N3O6. The molecule has 0 aromatic heterocycles. The van der Waals surface area contributed by atoms with Crippen LogP contribution in [-0.2, 0) is 9.53 Å². The maximum absolute atomic E-state index is 11.9. The Kier molecular flexibility index (Phi) is 4.84. The third-order valence-corrected chi connectivity index (χ3v) is 3.57. The van der Waals surface area contributed by atoms with Gasteiger partial charge in [0.2, 0.25) is 5.90 Å². The molecule has 9 nitrogen and oxygen atoms in total. The molecule has 1 heterocycles. The van der Waals surface area contributed by atoms with Gasteiger partial charge in [0.15, 0.2) is 5.70 Å². The van der Waals surface area contributed by atoms with Crippen molar-refractivity contribution >= 4 is 35.4 Å². The number of esters is 1. The molecule has 0 aliphatic carbocycles. The molecule has 1 aliphatic rings. The number of nitro benzene ring substituents is 2. The molecule has 0 saturated carbocycles. The fraction of sp³-hybridized carbons (Fsp3) is 0. The van der Waals surface area contributed by atoms with E-state index in [4.69, 9.17) is 4.74 Å². The second-order valence-electron chi connectivity index (χ2n) is 5.40. The van der Waals surface area contributed by atoms with E-state index in [0.717, 1.165) is 0 Å². The maximum Gasteiger partial charge on any atom is 0.363 e. The lowest BCUT2D eigenvalue weighted by Crippen LogP contribution is -2.01. The molecule has 134 valence electrons. The van der Waals surface area contributed by atoms with E-state index in [0.29, 0.717) is 11.1 Å². The van der Waals surface area contributed by atoms with Gasteiger partial charge in [0, 0.05) is 30.3 Å². The molecule has 9 heteroatoms.